The Morgan fingerprint density at radius 2 is 2.19 bits per heavy atom. The molecule has 1 fully saturated rings. The second-order valence-corrected chi connectivity index (χ2v) is 6.50. The fraction of sp³-hybridized carbons (Fsp3) is 0.444. The first-order valence-electron chi connectivity index (χ1n) is 4.84. The molecule has 7 heteroatoms. The highest BCUT2D eigenvalue weighted by Crippen LogP contribution is 2.26. The Morgan fingerprint density at radius 3 is 2.69 bits per heavy atom. The van der Waals surface area contributed by atoms with E-state index >= 15 is 0 Å². The Bertz CT molecular complexity index is 501. The van der Waals surface area contributed by atoms with Crippen LogP contribution in [0.2, 0.25) is 0 Å². The van der Waals surface area contributed by atoms with Crippen molar-refractivity contribution < 1.29 is 18.3 Å². The van der Waals surface area contributed by atoms with E-state index in [0.717, 1.165) is 30.6 Å². The maximum Gasteiger partial charge on any atom is 0.337 e. The predicted octanol–water partition coefficient (Wildman–Crippen LogP) is 1.28. The Kier molecular flexibility index (Phi) is 3.00. The second kappa shape index (κ2) is 4.15. The highest BCUT2D eigenvalue weighted by molar-refractivity contribution is 7.91. The van der Waals surface area contributed by atoms with Crippen molar-refractivity contribution in [3.63, 3.8) is 0 Å². The quantitative estimate of drug-likeness (QED) is 0.855. The molecule has 5 nitrogen and oxygen atoms in total. The first-order chi connectivity index (χ1) is 7.50. The van der Waals surface area contributed by atoms with Crippen LogP contribution >= 0.6 is 11.3 Å². The molecular formula is C9H11NO4S2. The van der Waals surface area contributed by atoms with Gasteiger partial charge < -0.3 is 5.11 Å². The Morgan fingerprint density at radius 1 is 1.50 bits per heavy atom. The van der Waals surface area contributed by atoms with Gasteiger partial charge in [0.05, 0.1) is 5.56 Å². The zero-order chi connectivity index (χ0) is 11.8. The van der Waals surface area contributed by atoms with Crippen molar-refractivity contribution in [2.75, 3.05) is 0 Å². The minimum Gasteiger partial charge on any atom is -0.478 e. The molecule has 1 aliphatic rings. The van der Waals surface area contributed by atoms with Crippen LogP contribution in [0.4, 0.5) is 0 Å². The van der Waals surface area contributed by atoms with Crippen molar-refractivity contribution in [2.24, 2.45) is 0 Å². The molecular weight excluding hydrogens is 250 g/mol. The number of hydrogen-bond acceptors (Lipinski definition) is 4. The van der Waals surface area contributed by atoms with Gasteiger partial charge in [0.1, 0.15) is 4.21 Å². The minimum atomic E-state index is -3.67. The van der Waals surface area contributed by atoms with Crippen LogP contribution < -0.4 is 4.72 Å². The van der Waals surface area contributed by atoms with Crippen LogP contribution in [-0.4, -0.2) is 25.5 Å². The van der Waals surface area contributed by atoms with Crippen molar-refractivity contribution in [3.05, 3.63) is 17.0 Å². The van der Waals surface area contributed by atoms with Gasteiger partial charge in [0.15, 0.2) is 0 Å². The summed E-state index contributed by atoms with van der Waals surface area (Å²) in [5.41, 5.74) is -0.156. The summed E-state index contributed by atoms with van der Waals surface area (Å²) in [5.74, 6) is -1.21. The standard InChI is InChI=1S/C9H11NO4S2/c11-8(12)7-4-5-15-9(7)16(13,14)10-6-2-1-3-6/h4-6,10H,1-3H2,(H,11,12). The van der Waals surface area contributed by atoms with Gasteiger partial charge in [0, 0.05) is 6.04 Å². The van der Waals surface area contributed by atoms with Gasteiger partial charge in [0.2, 0.25) is 0 Å². The monoisotopic (exact) mass is 261 g/mol. The van der Waals surface area contributed by atoms with Crippen LogP contribution in [0, 0.1) is 0 Å². The summed E-state index contributed by atoms with van der Waals surface area (Å²) in [5, 5.41) is 10.3. The molecule has 1 aromatic heterocycles. The van der Waals surface area contributed by atoms with Crippen LogP contribution in [0.3, 0.4) is 0 Å². The van der Waals surface area contributed by atoms with E-state index in [-0.39, 0.29) is 15.8 Å². The number of carbonyl (C=O) groups is 1. The molecule has 0 aliphatic heterocycles. The molecule has 0 atom stereocenters. The van der Waals surface area contributed by atoms with Crippen molar-refractivity contribution in [1.82, 2.24) is 4.72 Å². The van der Waals surface area contributed by atoms with E-state index in [1.807, 2.05) is 0 Å². The number of aromatic carboxylic acids is 1. The Hall–Kier alpha value is -0.920. The molecule has 2 rings (SSSR count). The Balaban J connectivity index is 2.27. The van der Waals surface area contributed by atoms with Crippen molar-refractivity contribution in [2.45, 2.75) is 29.5 Å². The highest BCUT2D eigenvalue weighted by atomic mass is 32.2. The number of carboxylic acids is 1. The van der Waals surface area contributed by atoms with Crippen LogP contribution in [-0.2, 0) is 10.0 Å². The molecule has 0 saturated heterocycles. The summed E-state index contributed by atoms with van der Waals surface area (Å²) in [6.07, 6.45) is 2.67. The van der Waals surface area contributed by atoms with Crippen molar-refractivity contribution in [3.8, 4) is 0 Å². The van der Waals surface area contributed by atoms with E-state index in [0.29, 0.717) is 0 Å². The maximum absolute atomic E-state index is 11.9. The van der Waals surface area contributed by atoms with E-state index in [2.05, 4.69) is 4.72 Å². The smallest absolute Gasteiger partial charge is 0.337 e. The van der Waals surface area contributed by atoms with Crippen LogP contribution in [0.25, 0.3) is 0 Å². The first kappa shape index (κ1) is 11.6. The molecule has 1 heterocycles. The van der Waals surface area contributed by atoms with Crippen LogP contribution in [0.1, 0.15) is 29.6 Å². The molecule has 1 aliphatic carbocycles. The average molecular weight is 261 g/mol. The topological polar surface area (TPSA) is 83.5 Å². The predicted molar refractivity (Wildman–Crippen MR) is 59.2 cm³/mol. The van der Waals surface area contributed by atoms with E-state index in [4.69, 9.17) is 5.11 Å². The summed E-state index contributed by atoms with van der Waals surface area (Å²) >= 11 is 0.930. The number of rotatable bonds is 4. The SMILES string of the molecule is O=C(O)c1ccsc1S(=O)(=O)NC1CCC1. The molecule has 16 heavy (non-hydrogen) atoms. The molecule has 0 radical (unpaired) electrons. The van der Waals surface area contributed by atoms with Gasteiger partial charge in [-0.05, 0) is 24.3 Å². The zero-order valence-corrected chi connectivity index (χ0v) is 9.97. The van der Waals surface area contributed by atoms with Gasteiger partial charge >= 0.3 is 5.97 Å². The lowest BCUT2D eigenvalue weighted by Crippen LogP contribution is -2.39. The highest BCUT2D eigenvalue weighted by Gasteiger charge is 2.28. The molecule has 0 spiro atoms. The number of sulfonamides is 1. The molecule has 2 N–H and O–H groups in total. The van der Waals surface area contributed by atoms with Crippen molar-refractivity contribution in [1.29, 1.82) is 0 Å². The third kappa shape index (κ3) is 2.11. The van der Waals surface area contributed by atoms with Crippen LogP contribution in [0.15, 0.2) is 15.7 Å². The van der Waals surface area contributed by atoms with Gasteiger partial charge in [0.25, 0.3) is 10.0 Å². The molecule has 0 aromatic carbocycles. The lowest BCUT2D eigenvalue weighted by atomic mass is 9.94. The summed E-state index contributed by atoms with van der Waals surface area (Å²) < 4.78 is 26.1. The fourth-order valence-corrected chi connectivity index (χ4v) is 4.12. The number of thiophene rings is 1. The summed E-state index contributed by atoms with van der Waals surface area (Å²) in [4.78, 5) is 10.8. The van der Waals surface area contributed by atoms with Gasteiger partial charge in [-0.2, -0.15) is 0 Å². The fourth-order valence-electron chi connectivity index (χ4n) is 1.46. The third-order valence-electron chi connectivity index (χ3n) is 2.53. The van der Waals surface area contributed by atoms with Gasteiger partial charge in [-0.25, -0.2) is 17.9 Å². The Labute approximate surface area is 97.2 Å². The zero-order valence-electron chi connectivity index (χ0n) is 8.34. The summed E-state index contributed by atoms with van der Waals surface area (Å²) in [6, 6.07) is 1.27. The number of hydrogen-bond donors (Lipinski definition) is 2. The van der Waals surface area contributed by atoms with E-state index < -0.39 is 16.0 Å². The van der Waals surface area contributed by atoms with Crippen LogP contribution in [0.5, 0.6) is 0 Å². The second-order valence-electron chi connectivity index (χ2n) is 3.68. The molecule has 88 valence electrons. The van der Waals surface area contributed by atoms with Gasteiger partial charge in [-0.15, -0.1) is 11.3 Å². The van der Waals surface area contributed by atoms with E-state index in [1.165, 1.54) is 11.4 Å². The minimum absolute atomic E-state index is 0.0336. The number of carboxylic acid groups (broad SMARTS) is 1. The first-order valence-corrected chi connectivity index (χ1v) is 7.20. The summed E-state index contributed by atoms with van der Waals surface area (Å²) in [7, 11) is -3.67. The number of nitrogens with one attached hydrogen (secondary N) is 1. The summed E-state index contributed by atoms with van der Waals surface area (Å²) in [6.45, 7) is 0. The van der Waals surface area contributed by atoms with E-state index in [1.54, 1.807) is 0 Å². The molecule has 1 aromatic rings. The normalized spacial score (nSPS) is 17.0. The largest absolute Gasteiger partial charge is 0.478 e. The third-order valence-corrected chi connectivity index (χ3v) is 5.54. The average Bonchev–Trinajstić information content (AvgIpc) is 2.60. The lowest BCUT2D eigenvalue weighted by molar-refractivity contribution is 0.0693. The maximum atomic E-state index is 11.9. The lowest BCUT2D eigenvalue weighted by Gasteiger charge is -2.25. The molecule has 1 saturated carbocycles. The molecule has 0 bridgehead atoms. The van der Waals surface area contributed by atoms with Gasteiger partial charge in [-0.1, -0.05) is 6.42 Å². The molecule has 0 unspecified atom stereocenters. The van der Waals surface area contributed by atoms with Crippen molar-refractivity contribution >= 4 is 27.3 Å². The molecule has 0 amide bonds. The van der Waals surface area contributed by atoms with Gasteiger partial charge in [-0.3, -0.25) is 0 Å². The van der Waals surface area contributed by atoms with E-state index in [9.17, 15) is 13.2 Å².